The third-order valence-electron chi connectivity index (χ3n) is 5.31. The van der Waals surface area contributed by atoms with Crippen molar-refractivity contribution in [2.45, 2.75) is 13.1 Å². The number of rotatable bonds is 2. The van der Waals surface area contributed by atoms with Gasteiger partial charge >= 0.3 is 6.18 Å². The molecule has 1 fully saturated rings. The maximum atomic E-state index is 13.8. The molecule has 0 atom stereocenters. The first-order chi connectivity index (χ1) is 14.1. The Bertz CT molecular complexity index is 1100. The van der Waals surface area contributed by atoms with E-state index in [2.05, 4.69) is 10.1 Å². The molecule has 2 aromatic heterocycles. The zero-order valence-corrected chi connectivity index (χ0v) is 17.2. The van der Waals surface area contributed by atoms with Crippen LogP contribution in [-0.4, -0.2) is 58.6 Å². The Balaban J connectivity index is 1.89. The van der Waals surface area contributed by atoms with Crippen molar-refractivity contribution in [1.29, 1.82) is 0 Å². The first-order valence-electron chi connectivity index (χ1n) is 9.49. The predicted molar refractivity (Wildman–Crippen MR) is 106 cm³/mol. The standard InChI is InChI=1S/C20H19ClF3N5O/c1-12-17(19(30)28-9-7-27(2)8-10-28)18-25-15(13-3-5-14(21)6-4-13)11-16(20(22,23)24)29(18)26-12/h3-6,11H,7-10H2,1-2H3/p+1. The first-order valence-corrected chi connectivity index (χ1v) is 9.87. The number of benzene rings is 1. The van der Waals surface area contributed by atoms with Gasteiger partial charge in [0.1, 0.15) is 5.56 Å². The van der Waals surface area contributed by atoms with Gasteiger partial charge in [-0.25, -0.2) is 9.50 Å². The third kappa shape index (κ3) is 3.75. The Morgan fingerprint density at radius 2 is 1.80 bits per heavy atom. The molecule has 1 aliphatic heterocycles. The van der Waals surface area contributed by atoms with Crippen molar-refractivity contribution in [2.24, 2.45) is 0 Å². The van der Waals surface area contributed by atoms with Crippen molar-refractivity contribution in [3.05, 3.63) is 52.3 Å². The van der Waals surface area contributed by atoms with E-state index in [9.17, 15) is 18.0 Å². The van der Waals surface area contributed by atoms with Crippen LogP contribution in [0.15, 0.2) is 30.3 Å². The molecule has 0 radical (unpaired) electrons. The first kappa shape index (κ1) is 20.6. The quantitative estimate of drug-likeness (QED) is 0.668. The molecular formula is C20H20ClF3N5O+. The summed E-state index contributed by atoms with van der Waals surface area (Å²) in [5.41, 5.74) is -0.185. The minimum Gasteiger partial charge on any atom is -0.334 e. The summed E-state index contributed by atoms with van der Waals surface area (Å²) in [6.45, 7) is 4.16. The summed E-state index contributed by atoms with van der Waals surface area (Å²) in [5, 5.41) is 4.48. The number of carbonyl (C=O) groups excluding carboxylic acids is 1. The summed E-state index contributed by atoms with van der Waals surface area (Å²) in [6, 6.07) is 7.29. The number of likely N-dealkylation sites (N-methyl/N-ethyl adjacent to an activating group) is 1. The highest BCUT2D eigenvalue weighted by atomic mass is 35.5. The monoisotopic (exact) mass is 438 g/mol. The molecule has 4 rings (SSSR count). The Hall–Kier alpha value is -2.65. The van der Waals surface area contributed by atoms with E-state index in [-0.39, 0.29) is 28.5 Å². The molecule has 158 valence electrons. The molecule has 1 amide bonds. The highest BCUT2D eigenvalue weighted by molar-refractivity contribution is 6.30. The molecular weight excluding hydrogens is 419 g/mol. The molecule has 0 bridgehead atoms. The van der Waals surface area contributed by atoms with Crippen molar-refractivity contribution < 1.29 is 22.9 Å². The van der Waals surface area contributed by atoms with E-state index < -0.39 is 11.9 Å². The number of alkyl halides is 3. The van der Waals surface area contributed by atoms with Crippen LogP contribution in [-0.2, 0) is 6.18 Å². The van der Waals surface area contributed by atoms with Gasteiger partial charge in [-0.15, -0.1) is 0 Å². The lowest BCUT2D eigenvalue weighted by Gasteiger charge is -2.30. The van der Waals surface area contributed by atoms with Crippen LogP contribution < -0.4 is 4.90 Å². The van der Waals surface area contributed by atoms with Crippen LogP contribution in [0.1, 0.15) is 21.7 Å². The molecule has 10 heteroatoms. The second-order valence-electron chi connectivity index (χ2n) is 7.48. The van der Waals surface area contributed by atoms with Crippen LogP contribution in [0.2, 0.25) is 5.02 Å². The van der Waals surface area contributed by atoms with E-state index in [0.29, 0.717) is 23.7 Å². The number of aryl methyl sites for hydroxylation is 1. The molecule has 1 aromatic carbocycles. The third-order valence-corrected chi connectivity index (χ3v) is 5.56. The number of quaternary nitrogens is 1. The largest absolute Gasteiger partial charge is 0.433 e. The lowest BCUT2D eigenvalue weighted by atomic mass is 10.1. The fraction of sp³-hybridized carbons (Fsp3) is 0.350. The zero-order chi connectivity index (χ0) is 21.6. The van der Waals surface area contributed by atoms with Gasteiger partial charge in [-0.05, 0) is 25.1 Å². The molecule has 0 unspecified atom stereocenters. The minimum atomic E-state index is -4.67. The number of fused-ring (bicyclic) bond motifs is 1. The highest BCUT2D eigenvalue weighted by Crippen LogP contribution is 2.33. The minimum absolute atomic E-state index is 0.0939. The summed E-state index contributed by atoms with van der Waals surface area (Å²) in [7, 11) is 2.04. The van der Waals surface area contributed by atoms with Crippen LogP contribution in [0.5, 0.6) is 0 Å². The van der Waals surface area contributed by atoms with Crippen LogP contribution >= 0.6 is 11.6 Å². The van der Waals surface area contributed by atoms with Gasteiger partial charge in [-0.3, -0.25) is 4.79 Å². The number of nitrogens with zero attached hydrogens (tertiary/aromatic N) is 4. The lowest BCUT2D eigenvalue weighted by Crippen LogP contribution is -3.12. The number of halogens is 4. The van der Waals surface area contributed by atoms with E-state index in [1.165, 1.54) is 11.8 Å². The Labute approximate surface area is 175 Å². The summed E-state index contributed by atoms with van der Waals surface area (Å²) >= 11 is 5.90. The van der Waals surface area contributed by atoms with Gasteiger partial charge < -0.3 is 9.80 Å². The molecule has 3 aromatic rings. The van der Waals surface area contributed by atoms with E-state index in [1.54, 1.807) is 29.2 Å². The number of hydrogen-bond donors (Lipinski definition) is 1. The summed E-state index contributed by atoms with van der Waals surface area (Å²) in [5.74, 6) is -0.344. The molecule has 3 heterocycles. The van der Waals surface area contributed by atoms with Crippen molar-refractivity contribution in [3.63, 3.8) is 0 Å². The summed E-state index contributed by atoms with van der Waals surface area (Å²) in [4.78, 5) is 20.5. The average Bonchev–Trinajstić information content (AvgIpc) is 3.02. The molecule has 1 aliphatic rings. The Morgan fingerprint density at radius 1 is 1.17 bits per heavy atom. The second-order valence-corrected chi connectivity index (χ2v) is 7.91. The molecule has 1 saturated heterocycles. The Kier molecular flexibility index (Phi) is 5.19. The number of hydrogen-bond acceptors (Lipinski definition) is 3. The van der Waals surface area contributed by atoms with Crippen molar-refractivity contribution in [2.75, 3.05) is 33.2 Å². The number of amides is 1. The number of piperazine rings is 1. The van der Waals surface area contributed by atoms with Gasteiger partial charge in [0, 0.05) is 10.6 Å². The fourth-order valence-electron chi connectivity index (χ4n) is 3.59. The van der Waals surface area contributed by atoms with Gasteiger partial charge in [0.15, 0.2) is 11.3 Å². The molecule has 0 spiro atoms. The topological polar surface area (TPSA) is 54.9 Å². The van der Waals surface area contributed by atoms with E-state index in [1.807, 2.05) is 7.05 Å². The maximum Gasteiger partial charge on any atom is 0.433 e. The van der Waals surface area contributed by atoms with Gasteiger partial charge in [0.25, 0.3) is 5.91 Å². The zero-order valence-electron chi connectivity index (χ0n) is 16.4. The van der Waals surface area contributed by atoms with Crippen LogP contribution in [0.25, 0.3) is 16.9 Å². The smallest absolute Gasteiger partial charge is 0.334 e. The van der Waals surface area contributed by atoms with Gasteiger partial charge in [0.05, 0.1) is 44.6 Å². The molecule has 0 saturated carbocycles. The second kappa shape index (κ2) is 7.55. The number of nitrogens with one attached hydrogen (secondary N) is 1. The Morgan fingerprint density at radius 3 is 2.40 bits per heavy atom. The van der Waals surface area contributed by atoms with Crippen molar-refractivity contribution >= 4 is 23.2 Å². The van der Waals surface area contributed by atoms with Crippen LogP contribution in [0.3, 0.4) is 0 Å². The van der Waals surface area contributed by atoms with Gasteiger partial charge in [-0.1, -0.05) is 23.7 Å². The fourth-order valence-corrected chi connectivity index (χ4v) is 3.72. The molecule has 0 aliphatic carbocycles. The maximum absolute atomic E-state index is 13.8. The SMILES string of the molecule is Cc1nn2c(C(F)(F)F)cc(-c3ccc(Cl)cc3)nc2c1C(=O)N1CC[NH+](C)CC1. The summed E-state index contributed by atoms with van der Waals surface area (Å²) in [6.07, 6.45) is -4.67. The van der Waals surface area contributed by atoms with Crippen molar-refractivity contribution in [3.8, 4) is 11.3 Å². The van der Waals surface area contributed by atoms with Crippen LogP contribution in [0.4, 0.5) is 13.2 Å². The molecule has 6 nitrogen and oxygen atoms in total. The molecule has 30 heavy (non-hydrogen) atoms. The summed E-state index contributed by atoms with van der Waals surface area (Å²) < 4.78 is 42.2. The lowest BCUT2D eigenvalue weighted by molar-refractivity contribution is -0.883. The normalized spacial score (nSPS) is 15.7. The molecule has 1 N–H and O–H groups in total. The average molecular weight is 439 g/mol. The number of aromatic nitrogens is 3. The van der Waals surface area contributed by atoms with Gasteiger partial charge in [-0.2, -0.15) is 18.3 Å². The van der Waals surface area contributed by atoms with E-state index in [0.717, 1.165) is 23.7 Å². The number of carbonyl (C=O) groups is 1. The van der Waals surface area contributed by atoms with Crippen LogP contribution in [0, 0.1) is 6.92 Å². The highest BCUT2D eigenvalue weighted by Gasteiger charge is 2.37. The van der Waals surface area contributed by atoms with Gasteiger partial charge in [0.2, 0.25) is 0 Å². The van der Waals surface area contributed by atoms with E-state index >= 15 is 0 Å². The van der Waals surface area contributed by atoms with E-state index in [4.69, 9.17) is 11.6 Å². The van der Waals surface area contributed by atoms with Crippen molar-refractivity contribution in [1.82, 2.24) is 19.5 Å². The predicted octanol–water partition coefficient (Wildman–Crippen LogP) is 2.35.